The van der Waals surface area contributed by atoms with Crippen LogP contribution in [0.25, 0.3) is 11.0 Å². The average molecular weight is 441 g/mol. The van der Waals surface area contributed by atoms with Crippen LogP contribution in [0.5, 0.6) is 0 Å². The number of halogens is 1. The monoisotopic (exact) mass is 441 g/mol. The van der Waals surface area contributed by atoms with Gasteiger partial charge in [-0.2, -0.15) is 0 Å². The van der Waals surface area contributed by atoms with Crippen molar-refractivity contribution in [2.75, 3.05) is 7.05 Å². The molecule has 0 aliphatic carbocycles. The summed E-state index contributed by atoms with van der Waals surface area (Å²) < 4.78 is 5.90. The standard InChI is InChI=1S/C17H19N3OS.HI/c1-12-14-7-3-4-8-15(14)21-16(12)11-20-17(18-2)19-10-13-6-5-9-22-13;/h3-9H,10-11H2,1-2H3,(H2,18,19,20);1H. The van der Waals surface area contributed by atoms with Crippen LogP contribution in [0, 0.1) is 6.92 Å². The van der Waals surface area contributed by atoms with Crippen LogP contribution in [0.4, 0.5) is 0 Å². The molecule has 0 aliphatic heterocycles. The summed E-state index contributed by atoms with van der Waals surface area (Å²) in [6, 6.07) is 12.3. The van der Waals surface area contributed by atoms with Gasteiger partial charge < -0.3 is 15.1 Å². The summed E-state index contributed by atoms with van der Waals surface area (Å²) in [6.45, 7) is 3.48. The van der Waals surface area contributed by atoms with Crippen molar-refractivity contribution < 1.29 is 4.42 Å². The van der Waals surface area contributed by atoms with Crippen molar-refractivity contribution in [1.29, 1.82) is 0 Å². The minimum absolute atomic E-state index is 0. The Labute approximate surface area is 157 Å². The third-order valence-corrected chi connectivity index (χ3v) is 4.47. The molecule has 6 heteroatoms. The van der Waals surface area contributed by atoms with E-state index in [4.69, 9.17) is 4.42 Å². The molecule has 0 unspecified atom stereocenters. The van der Waals surface area contributed by atoms with Crippen molar-refractivity contribution in [2.24, 2.45) is 4.99 Å². The van der Waals surface area contributed by atoms with E-state index in [0.29, 0.717) is 6.54 Å². The number of benzene rings is 1. The molecule has 0 atom stereocenters. The van der Waals surface area contributed by atoms with Crippen LogP contribution in [0.2, 0.25) is 0 Å². The average Bonchev–Trinajstić information content (AvgIpc) is 3.17. The number of thiophene rings is 1. The Kier molecular flexibility index (Phi) is 6.47. The zero-order chi connectivity index (χ0) is 15.4. The summed E-state index contributed by atoms with van der Waals surface area (Å²) in [7, 11) is 1.77. The fraction of sp³-hybridized carbons (Fsp3) is 0.235. The number of aliphatic imine (C=N–C) groups is 1. The lowest BCUT2D eigenvalue weighted by Crippen LogP contribution is -2.36. The lowest BCUT2D eigenvalue weighted by Gasteiger charge is -2.10. The van der Waals surface area contributed by atoms with Gasteiger partial charge in [-0.1, -0.05) is 24.3 Å². The van der Waals surface area contributed by atoms with E-state index < -0.39 is 0 Å². The van der Waals surface area contributed by atoms with Crippen molar-refractivity contribution in [3.05, 3.63) is 58.0 Å². The largest absolute Gasteiger partial charge is 0.459 e. The maximum Gasteiger partial charge on any atom is 0.191 e. The van der Waals surface area contributed by atoms with Gasteiger partial charge in [-0.15, -0.1) is 35.3 Å². The first-order valence-corrected chi connectivity index (χ1v) is 8.10. The Morgan fingerprint density at radius 3 is 2.61 bits per heavy atom. The van der Waals surface area contributed by atoms with Crippen LogP contribution in [0.3, 0.4) is 0 Å². The Balaban J connectivity index is 0.00000192. The zero-order valence-electron chi connectivity index (χ0n) is 13.1. The smallest absolute Gasteiger partial charge is 0.191 e. The number of nitrogens with zero attached hydrogens (tertiary/aromatic N) is 1. The molecule has 3 aromatic rings. The molecule has 122 valence electrons. The third-order valence-electron chi connectivity index (χ3n) is 3.59. The minimum Gasteiger partial charge on any atom is -0.459 e. The quantitative estimate of drug-likeness (QED) is 0.361. The first-order valence-electron chi connectivity index (χ1n) is 7.22. The van der Waals surface area contributed by atoms with Gasteiger partial charge in [0.1, 0.15) is 11.3 Å². The van der Waals surface area contributed by atoms with Crippen LogP contribution >= 0.6 is 35.3 Å². The van der Waals surface area contributed by atoms with E-state index in [1.807, 2.05) is 18.2 Å². The van der Waals surface area contributed by atoms with Crippen molar-refractivity contribution >= 4 is 52.2 Å². The maximum absolute atomic E-state index is 5.90. The molecule has 0 radical (unpaired) electrons. The molecule has 0 saturated heterocycles. The van der Waals surface area contributed by atoms with Crippen LogP contribution < -0.4 is 10.6 Å². The van der Waals surface area contributed by atoms with Crippen LogP contribution in [-0.4, -0.2) is 13.0 Å². The van der Waals surface area contributed by atoms with Gasteiger partial charge in [-0.25, -0.2) is 0 Å². The molecule has 2 heterocycles. The van der Waals surface area contributed by atoms with E-state index in [1.54, 1.807) is 18.4 Å². The highest BCUT2D eigenvalue weighted by atomic mass is 127. The molecule has 2 N–H and O–H groups in total. The molecule has 0 amide bonds. The fourth-order valence-electron chi connectivity index (χ4n) is 2.36. The Hall–Kier alpha value is -1.54. The highest BCUT2D eigenvalue weighted by Gasteiger charge is 2.10. The zero-order valence-corrected chi connectivity index (χ0v) is 16.3. The summed E-state index contributed by atoms with van der Waals surface area (Å²) >= 11 is 1.73. The van der Waals surface area contributed by atoms with E-state index in [1.165, 1.54) is 15.8 Å². The summed E-state index contributed by atoms with van der Waals surface area (Å²) in [5, 5.41) is 9.84. The number of fused-ring (bicyclic) bond motifs is 1. The second-order valence-electron chi connectivity index (χ2n) is 5.01. The van der Waals surface area contributed by atoms with Crippen molar-refractivity contribution in [1.82, 2.24) is 10.6 Å². The van der Waals surface area contributed by atoms with Gasteiger partial charge in [-0.05, 0) is 24.4 Å². The van der Waals surface area contributed by atoms with Gasteiger partial charge in [0, 0.05) is 22.9 Å². The topological polar surface area (TPSA) is 49.6 Å². The van der Waals surface area contributed by atoms with Crippen LogP contribution in [-0.2, 0) is 13.1 Å². The molecular weight excluding hydrogens is 421 g/mol. The minimum atomic E-state index is 0. The van der Waals surface area contributed by atoms with Gasteiger partial charge in [0.05, 0.1) is 13.1 Å². The summed E-state index contributed by atoms with van der Waals surface area (Å²) in [5.74, 6) is 1.72. The normalized spacial score (nSPS) is 11.3. The Morgan fingerprint density at radius 1 is 1.13 bits per heavy atom. The van der Waals surface area contributed by atoms with Crippen molar-refractivity contribution in [2.45, 2.75) is 20.0 Å². The third kappa shape index (κ3) is 4.26. The van der Waals surface area contributed by atoms with E-state index >= 15 is 0 Å². The van der Waals surface area contributed by atoms with Crippen molar-refractivity contribution in [3.8, 4) is 0 Å². The predicted molar refractivity (Wildman–Crippen MR) is 108 cm³/mol. The molecule has 0 aliphatic rings. The number of furan rings is 1. The summed E-state index contributed by atoms with van der Waals surface area (Å²) in [6.07, 6.45) is 0. The van der Waals surface area contributed by atoms with E-state index in [9.17, 15) is 0 Å². The summed E-state index contributed by atoms with van der Waals surface area (Å²) in [4.78, 5) is 5.52. The first kappa shape index (κ1) is 17.8. The molecule has 0 spiro atoms. The van der Waals surface area contributed by atoms with Gasteiger partial charge in [0.25, 0.3) is 0 Å². The second-order valence-corrected chi connectivity index (χ2v) is 6.04. The van der Waals surface area contributed by atoms with Gasteiger partial charge in [0.15, 0.2) is 5.96 Å². The molecule has 0 bridgehead atoms. The molecule has 2 aromatic heterocycles. The van der Waals surface area contributed by atoms with Crippen LogP contribution in [0.1, 0.15) is 16.2 Å². The second kappa shape index (κ2) is 8.35. The molecule has 1 aromatic carbocycles. The fourth-order valence-corrected chi connectivity index (χ4v) is 3.01. The molecule has 0 saturated carbocycles. The van der Waals surface area contributed by atoms with E-state index in [0.717, 1.165) is 23.8 Å². The number of aryl methyl sites for hydroxylation is 1. The number of hydrogen-bond acceptors (Lipinski definition) is 3. The number of hydrogen-bond donors (Lipinski definition) is 2. The van der Waals surface area contributed by atoms with E-state index in [-0.39, 0.29) is 24.0 Å². The number of nitrogens with one attached hydrogen (secondary N) is 2. The van der Waals surface area contributed by atoms with Gasteiger partial charge in [0.2, 0.25) is 0 Å². The van der Waals surface area contributed by atoms with Gasteiger partial charge in [-0.3, -0.25) is 4.99 Å². The molecule has 3 rings (SSSR count). The van der Waals surface area contributed by atoms with E-state index in [2.05, 4.69) is 46.1 Å². The lowest BCUT2D eigenvalue weighted by atomic mass is 10.1. The highest BCUT2D eigenvalue weighted by molar-refractivity contribution is 14.0. The van der Waals surface area contributed by atoms with Crippen LogP contribution in [0.15, 0.2) is 51.2 Å². The molecular formula is C17H20IN3OS. The molecule has 4 nitrogen and oxygen atoms in total. The first-order chi connectivity index (χ1) is 10.8. The molecule has 0 fully saturated rings. The maximum atomic E-state index is 5.90. The molecule has 23 heavy (non-hydrogen) atoms. The Bertz CT molecular complexity index is 780. The number of para-hydroxylation sites is 1. The summed E-state index contributed by atoms with van der Waals surface area (Å²) in [5.41, 5.74) is 2.11. The SMILES string of the molecule is CN=C(NCc1cccs1)NCc1oc2ccccc2c1C.I. The lowest BCUT2D eigenvalue weighted by molar-refractivity contribution is 0.534. The van der Waals surface area contributed by atoms with Crippen molar-refractivity contribution in [3.63, 3.8) is 0 Å². The Morgan fingerprint density at radius 2 is 1.91 bits per heavy atom. The van der Waals surface area contributed by atoms with Gasteiger partial charge >= 0.3 is 0 Å². The number of rotatable bonds is 4. The highest BCUT2D eigenvalue weighted by Crippen LogP contribution is 2.24. The predicted octanol–water partition coefficient (Wildman–Crippen LogP) is 4.29. The number of guanidine groups is 1.